The molecule has 0 aliphatic heterocycles. The van der Waals surface area contributed by atoms with E-state index in [0.29, 0.717) is 33.3 Å². The van der Waals surface area contributed by atoms with Gasteiger partial charge < -0.3 is 4.74 Å². The van der Waals surface area contributed by atoms with E-state index >= 15 is 0 Å². The fraction of sp³-hybridized carbons (Fsp3) is 0.0333. The zero-order chi connectivity index (χ0) is 24.2. The van der Waals surface area contributed by atoms with Crippen molar-refractivity contribution in [3.8, 4) is 11.3 Å². The summed E-state index contributed by atoms with van der Waals surface area (Å²) in [6, 6.07) is 34.8. The first-order valence-corrected chi connectivity index (χ1v) is 11.9. The fourth-order valence-corrected chi connectivity index (χ4v) is 4.20. The number of ketones is 1. The Morgan fingerprint density at radius 1 is 0.743 bits per heavy atom. The lowest BCUT2D eigenvalue weighted by molar-refractivity contribution is 0.0282. The monoisotopic (exact) mass is 521 g/mol. The first-order chi connectivity index (χ1) is 17.1. The zero-order valence-corrected chi connectivity index (χ0v) is 20.2. The summed E-state index contributed by atoms with van der Waals surface area (Å²) in [4.78, 5) is 31.8. The maximum Gasteiger partial charge on any atom is 0.339 e. The van der Waals surface area contributed by atoms with Crippen molar-refractivity contribution in [3.63, 3.8) is 0 Å². The van der Waals surface area contributed by atoms with Crippen LogP contribution in [0.15, 0.2) is 120 Å². The topological polar surface area (TPSA) is 56.3 Å². The van der Waals surface area contributed by atoms with E-state index in [0.717, 1.165) is 10.0 Å². The molecule has 5 aromatic rings. The van der Waals surface area contributed by atoms with Crippen molar-refractivity contribution in [3.05, 3.63) is 136 Å². The molecule has 0 aliphatic carbocycles. The van der Waals surface area contributed by atoms with Gasteiger partial charge in [-0.3, -0.25) is 4.79 Å². The number of esters is 1. The van der Waals surface area contributed by atoms with Crippen molar-refractivity contribution in [2.45, 2.75) is 6.10 Å². The maximum absolute atomic E-state index is 13.6. The second kappa shape index (κ2) is 10.0. The van der Waals surface area contributed by atoms with Crippen LogP contribution in [-0.2, 0) is 4.74 Å². The van der Waals surface area contributed by atoms with E-state index in [1.807, 2.05) is 72.8 Å². The van der Waals surface area contributed by atoms with E-state index in [9.17, 15) is 9.59 Å². The number of pyridine rings is 1. The van der Waals surface area contributed by atoms with Crippen molar-refractivity contribution in [2.75, 3.05) is 0 Å². The summed E-state index contributed by atoms with van der Waals surface area (Å²) in [6.07, 6.45) is -1.07. The first-order valence-electron chi connectivity index (χ1n) is 11.1. The summed E-state index contributed by atoms with van der Waals surface area (Å²) in [5.74, 6) is -0.864. The molecule has 1 atom stereocenters. The van der Waals surface area contributed by atoms with Crippen molar-refractivity contribution >= 4 is 38.6 Å². The van der Waals surface area contributed by atoms with Crippen molar-refractivity contribution in [1.82, 2.24) is 4.98 Å². The van der Waals surface area contributed by atoms with Gasteiger partial charge in [0.25, 0.3) is 0 Å². The highest BCUT2D eigenvalue weighted by Crippen LogP contribution is 2.29. The van der Waals surface area contributed by atoms with Crippen LogP contribution in [0.2, 0.25) is 0 Å². The number of benzene rings is 4. The van der Waals surface area contributed by atoms with Gasteiger partial charge in [0, 0.05) is 26.5 Å². The smallest absolute Gasteiger partial charge is 0.339 e. The first kappa shape index (κ1) is 22.7. The molecule has 0 saturated carbocycles. The number of nitrogens with zero attached hydrogens (tertiary/aromatic N) is 1. The Morgan fingerprint density at radius 2 is 1.37 bits per heavy atom. The Balaban J connectivity index is 1.57. The molecule has 0 spiro atoms. The average Bonchev–Trinajstić information content (AvgIpc) is 2.92. The highest BCUT2D eigenvalue weighted by molar-refractivity contribution is 9.10. The molecule has 0 radical (unpaired) electrons. The van der Waals surface area contributed by atoms with Crippen LogP contribution in [0.25, 0.3) is 22.2 Å². The van der Waals surface area contributed by atoms with E-state index in [4.69, 9.17) is 9.72 Å². The number of fused-ring (bicyclic) bond motifs is 1. The normalized spacial score (nSPS) is 11.7. The van der Waals surface area contributed by atoms with E-state index in [-0.39, 0.29) is 5.78 Å². The summed E-state index contributed by atoms with van der Waals surface area (Å²) >= 11 is 3.45. The molecule has 35 heavy (non-hydrogen) atoms. The Labute approximate surface area is 211 Å². The number of hydrogen-bond donors (Lipinski definition) is 0. The van der Waals surface area contributed by atoms with Crippen LogP contribution < -0.4 is 0 Å². The minimum Gasteiger partial charge on any atom is -0.445 e. The van der Waals surface area contributed by atoms with Gasteiger partial charge in [0.05, 0.1) is 16.8 Å². The van der Waals surface area contributed by atoms with Crippen LogP contribution in [0.3, 0.4) is 0 Å². The molecule has 170 valence electrons. The van der Waals surface area contributed by atoms with Gasteiger partial charge in [0.15, 0.2) is 6.10 Å². The molecule has 5 rings (SSSR count). The standard InChI is InChI=1S/C30H20BrNO3/c31-23-17-15-20(16-18-23)27-19-25(24-13-7-8-14-26(24)32-27)30(34)35-29(22-11-5-2-6-12-22)28(33)21-9-3-1-4-10-21/h1-19,29H/t29-/m1/s1. The molecule has 1 aromatic heterocycles. The second-order valence-corrected chi connectivity index (χ2v) is 8.92. The Morgan fingerprint density at radius 3 is 2.09 bits per heavy atom. The highest BCUT2D eigenvalue weighted by Gasteiger charge is 2.27. The third-order valence-electron chi connectivity index (χ3n) is 5.70. The molecule has 4 aromatic carbocycles. The van der Waals surface area contributed by atoms with Crippen LogP contribution in [0, 0.1) is 0 Å². The van der Waals surface area contributed by atoms with Gasteiger partial charge >= 0.3 is 5.97 Å². The third-order valence-corrected chi connectivity index (χ3v) is 6.23. The van der Waals surface area contributed by atoms with Gasteiger partial charge in [-0.25, -0.2) is 9.78 Å². The van der Waals surface area contributed by atoms with Gasteiger partial charge in [-0.1, -0.05) is 107 Å². The van der Waals surface area contributed by atoms with Crippen LogP contribution in [-0.4, -0.2) is 16.7 Å². The molecule has 0 N–H and O–H groups in total. The fourth-order valence-electron chi connectivity index (χ4n) is 3.94. The quantitative estimate of drug-likeness (QED) is 0.172. The molecule has 0 unspecified atom stereocenters. The number of ether oxygens (including phenoxy) is 1. The van der Waals surface area contributed by atoms with Crippen LogP contribution >= 0.6 is 15.9 Å². The van der Waals surface area contributed by atoms with Gasteiger partial charge in [-0.05, 0) is 24.3 Å². The molecular formula is C30H20BrNO3. The number of Topliss-reactive ketones (excluding diaryl/α,β-unsaturated/α-hetero) is 1. The summed E-state index contributed by atoms with van der Waals surface area (Å²) in [5, 5.41) is 0.664. The summed E-state index contributed by atoms with van der Waals surface area (Å²) in [5.41, 5.74) is 3.63. The lowest BCUT2D eigenvalue weighted by Crippen LogP contribution is -2.20. The third kappa shape index (κ3) is 4.91. The lowest BCUT2D eigenvalue weighted by Gasteiger charge is -2.18. The molecule has 4 nitrogen and oxygen atoms in total. The van der Waals surface area contributed by atoms with E-state index in [1.165, 1.54) is 0 Å². The van der Waals surface area contributed by atoms with Crippen LogP contribution in [0.5, 0.6) is 0 Å². The highest BCUT2D eigenvalue weighted by atomic mass is 79.9. The number of aromatic nitrogens is 1. The van der Waals surface area contributed by atoms with E-state index in [1.54, 1.807) is 42.5 Å². The average molecular weight is 522 g/mol. The number of hydrogen-bond acceptors (Lipinski definition) is 4. The molecule has 0 fully saturated rings. The number of carbonyl (C=O) groups excluding carboxylic acids is 2. The summed E-state index contributed by atoms with van der Waals surface area (Å²) in [6.45, 7) is 0. The molecule has 0 aliphatic rings. The predicted octanol–water partition coefficient (Wildman–Crippen LogP) is 7.45. The van der Waals surface area contributed by atoms with Crippen LogP contribution in [0.4, 0.5) is 0 Å². The molecule has 0 bridgehead atoms. The lowest BCUT2D eigenvalue weighted by atomic mass is 9.99. The number of carbonyl (C=O) groups is 2. The number of para-hydroxylation sites is 1. The number of rotatable bonds is 6. The van der Waals surface area contributed by atoms with E-state index < -0.39 is 12.1 Å². The Bertz CT molecular complexity index is 1500. The van der Waals surface area contributed by atoms with Gasteiger partial charge in [0.2, 0.25) is 5.78 Å². The van der Waals surface area contributed by atoms with E-state index in [2.05, 4.69) is 15.9 Å². The van der Waals surface area contributed by atoms with Gasteiger partial charge in [0.1, 0.15) is 0 Å². The minimum atomic E-state index is -1.07. The second-order valence-electron chi connectivity index (χ2n) is 8.01. The Kier molecular flexibility index (Phi) is 6.51. The maximum atomic E-state index is 13.6. The SMILES string of the molecule is O=C(O[C@@H](C(=O)c1ccccc1)c1ccccc1)c1cc(-c2ccc(Br)cc2)nc2ccccc12. The van der Waals surface area contributed by atoms with Gasteiger partial charge in [-0.2, -0.15) is 0 Å². The molecular weight excluding hydrogens is 502 g/mol. The predicted molar refractivity (Wildman–Crippen MR) is 140 cm³/mol. The molecule has 0 saturated heterocycles. The Hall–Kier alpha value is -4.09. The minimum absolute atomic E-state index is 0.281. The van der Waals surface area contributed by atoms with Crippen LogP contribution in [0.1, 0.15) is 32.4 Å². The molecule has 5 heteroatoms. The summed E-state index contributed by atoms with van der Waals surface area (Å²) < 4.78 is 6.88. The molecule has 1 heterocycles. The van der Waals surface area contributed by atoms with Crippen molar-refractivity contribution in [2.24, 2.45) is 0 Å². The summed E-state index contributed by atoms with van der Waals surface area (Å²) in [7, 11) is 0. The number of halogens is 1. The van der Waals surface area contributed by atoms with Crippen molar-refractivity contribution in [1.29, 1.82) is 0 Å². The van der Waals surface area contributed by atoms with Gasteiger partial charge in [-0.15, -0.1) is 0 Å². The largest absolute Gasteiger partial charge is 0.445 e. The molecule has 0 amide bonds. The zero-order valence-electron chi connectivity index (χ0n) is 18.6. The van der Waals surface area contributed by atoms with Crippen molar-refractivity contribution < 1.29 is 14.3 Å².